The smallest absolute Gasteiger partial charge is 0.135 e. The number of ketones is 1. The summed E-state index contributed by atoms with van der Waals surface area (Å²) in [5.74, 6) is 0.399. The van der Waals surface area contributed by atoms with E-state index in [1.54, 1.807) is 6.92 Å². The van der Waals surface area contributed by atoms with Gasteiger partial charge in [-0.3, -0.25) is 4.79 Å². The van der Waals surface area contributed by atoms with Gasteiger partial charge < -0.3 is 0 Å². The van der Waals surface area contributed by atoms with Gasteiger partial charge in [0, 0.05) is 5.41 Å². The molecule has 0 amide bonds. The highest BCUT2D eigenvalue weighted by Crippen LogP contribution is 2.44. The predicted molar refractivity (Wildman–Crippen MR) is 37.3 cm³/mol. The van der Waals surface area contributed by atoms with Gasteiger partial charge in [0.2, 0.25) is 0 Å². The van der Waals surface area contributed by atoms with Gasteiger partial charge in [-0.15, -0.1) is 0 Å². The third-order valence-electron chi connectivity index (χ3n) is 2.73. The molecule has 0 atom stereocenters. The van der Waals surface area contributed by atoms with E-state index in [1.807, 2.05) is 0 Å². The maximum absolute atomic E-state index is 11.0. The van der Waals surface area contributed by atoms with Crippen molar-refractivity contribution in [2.24, 2.45) is 5.41 Å². The average molecular weight is 126 g/mol. The quantitative estimate of drug-likeness (QED) is 0.554. The molecule has 0 saturated heterocycles. The Hall–Kier alpha value is -0.330. The highest BCUT2D eigenvalue weighted by molar-refractivity contribution is 5.83. The van der Waals surface area contributed by atoms with Crippen LogP contribution in [0.5, 0.6) is 0 Å². The molecule has 0 aromatic carbocycles. The zero-order valence-corrected chi connectivity index (χ0v) is 6.24. The lowest BCUT2D eigenvalue weighted by atomic mass is 9.65. The molecule has 52 valence electrons. The largest absolute Gasteiger partial charge is 0.299 e. The Morgan fingerprint density at radius 2 is 2.11 bits per heavy atom. The van der Waals surface area contributed by atoms with Crippen LogP contribution in [-0.2, 0) is 4.79 Å². The molecule has 1 aliphatic rings. The molecule has 1 heteroatoms. The second-order valence-electron chi connectivity index (χ2n) is 3.04. The van der Waals surface area contributed by atoms with Crippen molar-refractivity contribution in [1.29, 1.82) is 0 Å². The summed E-state index contributed by atoms with van der Waals surface area (Å²) in [6.45, 7) is 3.84. The first-order valence-corrected chi connectivity index (χ1v) is 3.72. The predicted octanol–water partition coefficient (Wildman–Crippen LogP) is 2.16. The number of carbonyl (C=O) groups is 1. The van der Waals surface area contributed by atoms with Crippen molar-refractivity contribution < 1.29 is 4.79 Å². The van der Waals surface area contributed by atoms with E-state index in [9.17, 15) is 4.79 Å². The third kappa shape index (κ3) is 0.887. The van der Waals surface area contributed by atoms with Crippen LogP contribution in [-0.4, -0.2) is 5.78 Å². The molecule has 0 aromatic heterocycles. The van der Waals surface area contributed by atoms with Crippen molar-refractivity contribution >= 4 is 5.78 Å². The normalized spacial score (nSPS) is 22.9. The van der Waals surface area contributed by atoms with E-state index in [0.29, 0.717) is 5.78 Å². The van der Waals surface area contributed by atoms with Gasteiger partial charge in [-0.2, -0.15) is 0 Å². The van der Waals surface area contributed by atoms with Crippen molar-refractivity contribution in [3.05, 3.63) is 0 Å². The highest BCUT2D eigenvalue weighted by Gasteiger charge is 2.39. The maximum atomic E-state index is 11.0. The molecule has 1 fully saturated rings. The van der Waals surface area contributed by atoms with E-state index in [0.717, 1.165) is 19.3 Å². The average Bonchev–Trinajstić information content (AvgIpc) is 1.62. The fourth-order valence-electron chi connectivity index (χ4n) is 1.56. The molecule has 0 radical (unpaired) electrons. The molecule has 1 nitrogen and oxygen atoms in total. The third-order valence-corrected chi connectivity index (χ3v) is 2.73. The molecule has 1 aliphatic carbocycles. The van der Waals surface area contributed by atoms with Crippen LogP contribution in [0, 0.1) is 5.41 Å². The van der Waals surface area contributed by atoms with Gasteiger partial charge >= 0.3 is 0 Å². The monoisotopic (exact) mass is 126 g/mol. The van der Waals surface area contributed by atoms with Crippen LogP contribution in [0.2, 0.25) is 0 Å². The molecule has 0 spiro atoms. The second-order valence-corrected chi connectivity index (χ2v) is 3.04. The first-order valence-electron chi connectivity index (χ1n) is 3.72. The zero-order valence-electron chi connectivity index (χ0n) is 6.24. The first-order chi connectivity index (χ1) is 4.21. The van der Waals surface area contributed by atoms with E-state index in [4.69, 9.17) is 0 Å². The van der Waals surface area contributed by atoms with Gasteiger partial charge in [-0.05, 0) is 26.2 Å². The standard InChI is InChI=1S/C8H14O/c1-3-8(7(2)9)5-4-6-8/h3-6H2,1-2H3. The van der Waals surface area contributed by atoms with Crippen molar-refractivity contribution in [3.8, 4) is 0 Å². The molecule has 1 rings (SSSR count). The van der Waals surface area contributed by atoms with E-state index < -0.39 is 0 Å². The Morgan fingerprint density at radius 1 is 1.56 bits per heavy atom. The van der Waals surface area contributed by atoms with Gasteiger partial charge in [0.25, 0.3) is 0 Å². The Kier molecular flexibility index (Phi) is 1.60. The molecular formula is C8H14O. The molecule has 9 heavy (non-hydrogen) atoms. The zero-order chi connectivity index (χ0) is 6.91. The molecule has 0 bridgehead atoms. The van der Waals surface area contributed by atoms with Crippen LogP contribution in [0.1, 0.15) is 39.5 Å². The molecule has 0 N–H and O–H groups in total. The van der Waals surface area contributed by atoms with Gasteiger partial charge in [0.05, 0.1) is 0 Å². The molecule has 0 aliphatic heterocycles. The van der Waals surface area contributed by atoms with E-state index in [1.165, 1.54) is 6.42 Å². The van der Waals surface area contributed by atoms with E-state index >= 15 is 0 Å². The summed E-state index contributed by atoms with van der Waals surface area (Å²) in [7, 11) is 0. The maximum Gasteiger partial charge on any atom is 0.135 e. The fourth-order valence-corrected chi connectivity index (χ4v) is 1.56. The summed E-state index contributed by atoms with van der Waals surface area (Å²) < 4.78 is 0. The van der Waals surface area contributed by atoms with Gasteiger partial charge in [-0.25, -0.2) is 0 Å². The molecular weight excluding hydrogens is 112 g/mol. The Labute approximate surface area is 56.4 Å². The number of hydrogen-bond donors (Lipinski definition) is 0. The van der Waals surface area contributed by atoms with Crippen LogP contribution in [0.3, 0.4) is 0 Å². The molecule has 0 unspecified atom stereocenters. The molecule has 0 heterocycles. The van der Waals surface area contributed by atoms with Crippen LogP contribution >= 0.6 is 0 Å². The van der Waals surface area contributed by atoms with Crippen molar-refractivity contribution in [1.82, 2.24) is 0 Å². The first kappa shape index (κ1) is 6.79. The molecule has 0 aromatic rings. The van der Waals surface area contributed by atoms with Gasteiger partial charge in [0.1, 0.15) is 5.78 Å². The lowest BCUT2D eigenvalue weighted by molar-refractivity contribution is -0.131. The number of Topliss-reactive ketones (excluding diaryl/α,β-unsaturated/α-hetero) is 1. The van der Waals surface area contributed by atoms with Crippen LogP contribution in [0.25, 0.3) is 0 Å². The topological polar surface area (TPSA) is 17.1 Å². The SMILES string of the molecule is CCC1(C(C)=O)CCC1. The Bertz CT molecular complexity index is 117. The van der Waals surface area contributed by atoms with Crippen LogP contribution < -0.4 is 0 Å². The van der Waals surface area contributed by atoms with Crippen molar-refractivity contribution in [3.63, 3.8) is 0 Å². The Morgan fingerprint density at radius 3 is 2.11 bits per heavy atom. The number of rotatable bonds is 2. The summed E-state index contributed by atoms with van der Waals surface area (Å²) in [5.41, 5.74) is 0.125. The summed E-state index contributed by atoms with van der Waals surface area (Å²) >= 11 is 0. The summed E-state index contributed by atoms with van der Waals surface area (Å²) in [6.07, 6.45) is 4.58. The second kappa shape index (κ2) is 2.13. The van der Waals surface area contributed by atoms with Gasteiger partial charge in [0.15, 0.2) is 0 Å². The number of carbonyl (C=O) groups excluding carboxylic acids is 1. The van der Waals surface area contributed by atoms with E-state index in [-0.39, 0.29) is 5.41 Å². The Balaban J connectivity index is 2.57. The van der Waals surface area contributed by atoms with Crippen LogP contribution in [0.4, 0.5) is 0 Å². The molecule has 1 saturated carbocycles. The number of hydrogen-bond acceptors (Lipinski definition) is 1. The van der Waals surface area contributed by atoms with Gasteiger partial charge in [-0.1, -0.05) is 13.3 Å². The van der Waals surface area contributed by atoms with E-state index in [2.05, 4.69) is 6.92 Å². The van der Waals surface area contributed by atoms with Crippen molar-refractivity contribution in [2.75, 3.05) is 0 Å². The fraction of sp³-hybridized carbons (Fsp3) is 0.875. The summed E-state index contributed by atoms with van der Waals surface area (Å²) in [5, 5.41) is 0. The highest BCUT2D eigenvalue weighted by atomic mass is 16.1. The minimum absolute atomic E-state index is 0.125. The lowest BCUT2D eigenvalue weighted by Crippen LogP contribution is -2.35. The van der Waals surface area contributed by atoms with Crippen molar-refractivity contribution in [2.45, 2.75) is 39.5 Å². The van der Waals surface area contributed by atoms with Crippen LogP contribution in [0.15, 0.2) is 0 Å². The lowest BCUT2D eigenvalue weighted by Gasteiger charge is -2.38. The minimum atomic E-state index is 0.125. The minimum Gasteiger partial charge on any atom is -0.299 e. The summed E-state index contributed by atoms with van der Waals surface area (Å²) in [4.78, 5) is 11.0. The summed E-state index contributed by atoms with van der Waals surface area (Å²) in [6, 6.07) is 0.